The second kappa shape index (κ2) is 15.8. The highest BCUT2D eigenvalue weighted by molar-refractivity contribution is 5.83. The normalized spacial score (nSPS) is 12.1. The van der Waals surface area contributed by atoms with Crippen LogP contribution in [0.2, 0.25) is 0 Å². The molecule has 0 rings (SSSR count). The van der Waals surface area contributed by atoms with Crippen molar-refractivity contribution in [1.82, 2.24) is 5.32 Å². The van der Waals surface area contributed by atoms with Gasteiger partial charge in [-0.25, -0.2) is 4.79 Å². The molecule has 1 amide bonds. The Bertz CT molecular complexity index is 307. The molecule has 0 unspecified atom stereocenters. The third-order valence-electron chi connectivity index (χ3n) is 4.06. The molecule has 0 aliphatic rings. The van der Waals surface area contributed by atoms with Crippen LogP contribution in [-0.4, -0.2) is 34.7 Å². The number of carboxylic acid groups (broad SMARTS) is 1. The van der Waals surface area contributed by atoms with E-state index in [1.807, 2.05) is 0 Å². The molecule has 136 valence electrons. The third-order valence-corrected chi connectivity index (χ3v) is 4.06. The molecule has 0 aliphatic heterocycles. The summed E-state index contributed by atoms with van der Waals surface area (Å²) in [5, 5.41) is 20.1. The SMILES string of the molecule is CCCCCCCCCCCCCC(=O)N[C@@H](CCO)C(=O)O. The molecule has 0 aliphatic carbocycles. The minimum Gasteiger partial charge on any atom is -0.480 e. The van der Waals surface area contributed by atoms with Gasteiger partial charge in [-0.15, -0.1) is 0 Å². The van der Waals surface area contributed by atoms with Gasteiger partial charge in [0.05, 0.1) is 0 Å². The van der Waals surface area contributed by atoms with Crippen LogP contribution in [0.3, 0.4) is 0 Å². The molecular weight excluding hydrogens is 294 g/mol. The van der Waals surface area contributed by atoms with Gasteiger partial charge in [-0.1, -0.05) is 71.1 Å². The maximum absolute atomic E-state index is 11.6. The van der Waals surface area contributed by atoms with Crippen molar-refractivity contribution >= 4 is 11.9 Å². The monoisotopic (exact) mass is 329 g/mol. The zero-order chi connectivity index (χ0) is 17.3. The van der Waals surface area contributed by atoms with E-state index in [0.717, 1.165) is 19.3 Å². The third kappa shape index (κ3) is 14.2. The topological polar surface area (TPSA) is 86.6 Å². The Balaban J connectivity index is 3.43. The smallest absolute Gasteiger partial charge is 0.326 e. The Hall–Kier alpha value is -1.10. The van der Waals surface area contributed by atoms with E-state index in [9.17, 15) is 9.59 Å². The fourth-order valence-electron chi connectivity index (χ4n) is 2.60. The molecule has 0 heterocycles. The second-order valence-corrected chi connectivity index (χ2v) is 6.26. The number of carbonyl (C=O) groups is 2. The summed E-state index contributed by atoms with van der Waals surface area (Å²) in [7, 11) is 0. The van der Waals surface area contributed by atoms with E-state index >= 15 is 0 Å². The van der Waals surface area contributed by atoms with Crippen molar-refractivity contribution in [2.24, 2.45) is 0 Å². The molecule has 0 fully saturated rings. The van der Waals surface area contributed by atoms with Gasteiger partial charge in [-0.05, 0) is 6.42 Å². The van der Waals surface area contributed by atoms with Gasteiger partial charge in [0.15, 0.2) is 0 Å². The highest BCUT2D eigenvalue weighted by Gasteiger charge is 2.18. The number of carbonyl (C=O) groups excluding carboxylic acids is 1. The van der Waals surface area contributed by atoms with Gasteiger partial charge < -0.3 is 15.5 Å². The molecule has 0 aromatic rings. The van der Waals surface area contributed by atoms with E-state index in [0.29, 0.717) is 6.42 Å². The molecule has 1 atom stereocenters. The van der Waals surface area contributed by atoms with Gasteiger partial charge in [-0.2, -0.15) is 0 Å². The lowest BCUT2D eigenvalue weighted by Gasteiger charge is -2.12. The Morgan fingerprint density at radius 1 is 0.870 bits per heavy atom. The summed E-state index contributed by atoms with van der Waals surface area (Å²) in [5.74, 6) is -1.33. The van der Waals surface area contributed by atoms with Crippen LogP contribution >= 0.6 is 0 Å². The summed E-state index contributed by atoms with van der Waals surface area (Å²) < 4.78 is 0. The number of hydrogen-bond acceptors (Lipinski definition) is 3. The largest absolute Gasteiger partial charge is 0.480 e. The number of unbranched alkanes of at least 4 members (excludes halogenated alkanes) is 10. The van der Waals surface area contributed by atoms with Crippen molar-refractivity contribution in [2.75, 3.05) is 6.61 Å². The molecule has 0 saturated heterocycles. The summed E-state index contributed by atoms with van der Waals surface area (Å²) in [4.78, 5) is 22.5. The van der Waals surface area contributed by atoms with Gasteiger partial charge in [0.25, 0.3) is 0 Å². The van der Waals surface area contributed by atoms with Gasteiger partial charge in [-0.3, -0.25) is 4.79 Å². The Kier molecular flexibility index (Phi) is 15.0. The summed E-state index contributed by atoms with van der Waals surface area (Å²) in [5.41, 5.74) is 0. The molecular formula is C18H35NO4. The van der Waals surface area contributed by atoms with Crippen molar-refractivity contribution in [3.63, 3.8) is 0 Å². The zero-order valence-corrected chi connectivity index (χ0v) is 14.7. The van der Waals surface area contributed by atoms with E-state index in [1.54, 1.807) is 0 Å². The van der Waals surface area contributed by atoms with Crippen LogP contribution in [0.1, 0.15) is 90.4 Å². The second-order valence-electron chi connectivity index (χ2n) is 6.26. The lowest BCUT2D eigenvalue weighted by atomic mass is 10.1. The number of aliphatic hydroxyl groups is 1. The first-order valence-corrected chi connectivity index (χ1v) is 9.24. The van der Waals surface area contributed by atoms with Crippen molar-refractivity contribution in [2.45, 2.75) is 96.4 Å². The molecule has 0 aromatic carbocycles. The van der Waals surface area contributed by atoms with E-state index in [1.165, 1.54) is 51.4 Å². The number of aliphatic hydroxyl groups excluding tert-OH is 1. The molecule has 23 heavy (non-hydrogen) atoms. The Labute approximate surface area is 140 Å². The van der Waals surface area contributed by atoms with Gasteiger partial charge >= 0.3 is 5.97 Å². The fourth-order valence-corrected chi connectivity index (χ4v) is 2.60. The first-order valence-electron chi connectivity index (χ1n) is 9.24. The summed E-state index contributed by atoms with van der Waals surface area (Å²) in [6.07, 6.45) is 13.9. The molecule has 0 radical (unpaired) electrons. The maximum Gasteiger partial charge on any atom is 0.326 e. The van der Waals surface area contributed by atoms with E-state index in [-0.39, 0.29) is 18.9 Å². The average molecular weight is 329 g/mol. The highest BCUT2D eigenvalue weighted by atomic mass is 16.4. The van der Waals surface area contributed by atoms with Crippen LogP contribution in [0.5, 0.6) is 0 Å². The Morgan fingerprint density at radius 3 is 1.78 bits per heavy atom. The lowest BCUT2D eigenvalue weighted by Crippen LogP contribution is -2.41. The number of carboxylic acids is 1. The molecule has 5 heteroatoms. The molecule has 5 nitrogen and oxygen atoms in total. The summed E-state index contributed by atoms with van der Waals surface area (Å²) >= 11 is 0. The quantitative estimate of drug-likeness (QED) is 0.377. The van der Waals surface area contributed by atoms with Crippen molar-refractivity contribution in [3.8, 4) is 0 Å². The predicted octanol–water partition coefficient (Wildman–Crippen LogP) is 3.64. The highest BCUT2D eigenvalue weighted by Crippen LogP contribution is 2.11. The number of aliphatic carboxylic acids is 1. The van der Waals surface area contributed by atoms with Crippen LogP contribution < -0.4 is 5.32 Å². The minimum absolute atomic E-state index is 0.0549. The predicted molar refractivity (Wildman–Crippen MR) is 92.3 cm³/mol. The van der Waals surface area contributed by atoms with Gasteiger partial charge in [0.1, 0.15) is 6.04 Å². The van der Waals surface area contributed by atoms with Crippen LogP contribution in [0.25, 0.3) is 0 Å². The molecule has 0 spiro atoms. The van der Waals surface area contributed by atoms with E-state index < -0.39 is 12.0 Å². The van der Waals surface area contributed by atoms with E-state index in [4.69, 9.17) is 10.2 Å². The molecule has 3 N–H and O–H groups in total. The summed E-state index contributed by atoms with van der Waals surface area (Å²) in [6, 6.07) is -0.972. The zero-order valence-electron chi connectivity index (χ0n) is 14.7. The number of nitrogens with one attached hydrogen (secondary N) is 1. The first kappa shape index (κ1) is 21.9. The number of amides is 1. The maximum atomic E-state index is 11.6. The van der Waals surface area contributed by atoms with Gasteiger partial charge in [0.2, 0.25) is 5.91 Å². The fraction of sp³-hybridized carbons (Fsp3) is 0.889. The molecule has 0 saturated carbocycles. The first-order chi connectivity index (χ1) is 11.1. The van der Waals surface area contributed by atoms with Crippen LogP contribution in [0, 0.1) is 0 Å². The van der Waals surface area contributed by atoms with E-state index in [2.05, 4.69) is 12.2 Å². The van der Waals surface area contributed by atoms with Gasteiger partial charge in [0, 0.05) is 19.4 Å². The van der Waals surface area contributed by atoms with Crippen molar-refractivity contribution in [3.05, 3.63) is 0 Å². The summed E-state index contributed by atoms with van der Waals surface area (Å²) in [6.45, 7) is 1.99. The Morgan fingerprint density at radius 2 is 1.35 bits per heavy atom. The van der Waals surface area contributed by atoms with Crippen LogP contribution in [0.4, 0.5) is 0 Å². The lowest BCUT2D eigenvalue weighted by molar-refractivity contribution is -0.142. The molecule has 0 aromatic heterocycles. The van der Waals surface area contributed by atoms with Crippen molar-refractivity contribution < 1.29 is 19.8 Å². The molecule has 0 bridgehead atoms. The minimum atomic E-state index is -1.09. The van der Waals surface area contributed by atoms with Crippen molar-refractivity contribution in [1.29, 1.82) is 0 Å². The standard InChI is InChI=1S/C18H35NO4/c1-2-3-4-5-6-7-8-9-10-11-12-13-17(21)19-16(14-15-20)18(22)23/h16,20H,2-15H2,1H3,(H,19,21)(H,22,23)/t16-/m0/s1. The van der Waals surface area contributed by atoms with Crippen LogP contribution in [-0.2, 0) is 9.59 Å². The van der Waals surface area contributed by atoms with Crippen LogP contribution in [0.15, 0.2) is 0 Å². The number of rotatable bonds is 16. The number of hydrogen-bond donors (Lipinski definition) is 3. The average Bonchev–Trinajstić information content (AvgIpc) is 2.52.